The molecule has 1 aromatic carbocycles. The van der Waals surface area contributed by atoms with Crippen LogP contribution in [0.4, 0.5) is 0 Å². The first-order valence-electron chi connectivity index (χ1n) is 7.19. The lowest BCUT2D eigenvalue weighted by Gasteiger charge is -2.38. The number of benzene rings is 1. The number of hydrogen-bond donors (Lipinski definition) is 2. The molecule has 4 nitrogen and oxygen atoms in total. The van der Waals surface area contributed by atoms with E-state index in [1.54, 1.807) is 0 Å². The summed E-state index contributed by atoms with van der Waals surface area (Å²) in [4.78, 5) is 0. The molecule has 0 radical (unpaired) electrons. The number of aromatic hydroxyl groups is 1. The van der Waals surface area contributed by atoms with Crippen LogP contribution in [-0.4, -0.2) is 24.9 Å². The van der Waals surface area contributed by atoms with E-state index < -0.39 is 0 Å². The van der Waals surface area contributed by atoms with Gasteiger partial charge in [-0.1, -0.05) is 19.3 Å². The summed E-state index contributed by atoms with van der Waals surface area (Å²) < 4.78 is 11.8. The lowest BCUT2D eigenvalue weighted by Crippen LogP contribution is -2.37. The topological polar surface area (TPSA) is 64.7 Å². The fourth-order valence-corrected chi connectivity index (χ4v) is 3.88. The molecule has 0 amide bonds. The molecule has 0 spiro atoms. The predicted molar refractivity (Wildman–Crippen MR) is 80.6 cm³/mol. The standard InChI is InChI=1S/C15H20BrNO3/c16-12-13(18)10(8-11-14(12)20-7-6-19-11)15(9-17)4-2-1-3-5-15/h8,18H,1-7,9,17H2. The minimum Gasteiger partial charge on any atom is -0.506 e. The average Bonchev–Trinajstić information content (AvgIpc) is 2.51. The van der Waals surface area contributed by atoms with E-state index in [1.165, 1.54) is 6.42 Å². The maximum Gasteiger partial charge on any atom is 0.179 e. The molecule has 1 aliphatic heterocycles. The smallest absolute Gasteiger partial charge is 0.179 e. The van der Waals surface area contributed by atoms with Gasteiger partial charge >= 0.3 is 0 Å². The molecule has 0 saturated heterocycles. The average molecular weight is 342 g/mol. The van der Waals surface area contributed by atoms with Gasteiger partial charge in [-0.3, -0.25) is 0 Å². The van der Waals surface area contributed by atoms with Crippen LogP contribution in [0.3, 0.4) is 0 Å². The van der Waals surface area contributed by atoms with Gasteiger partial charge in [0.1, 0.15) is 23.4 Å². The summed E-state index contributed by atoms with van der Waals surface area (Å²) in [6.45, 7) is 1.60. The quantitative estimate of drug-likeness (QED) is 0.867. The van der Waals surface area contributed by atoms with Crippen molar-refractivity contribution in [1.29, 1.82) is 0 Å². The van der Waals surface area contributed by atoms with Crippen molar-refractivity contribution in [2.75, 3.05) is 19.8 Å². The van der Waals surface area contributed by atoms with Crippen molar-refractivity contribution < 1.29 is 14.6 Å². The number of fused-ring (bicyclic) bond motifs is 1. The summed E-state index contributed by atoms with van der Waals surface area (Å²) in [5, 5.41) is 10.6. The van der Waals surface area contributed by atoms with Crippen LogP contribution in [0.1, 0.15) is 37.7 Å². The second kappa shape index (κ2) is 5.45. The van der Waals surface area contributed by atoms with Gasteiger partial charge in [-0.05, 0) is 34.8 Å². The van der Waals surface area contributed by atoms with Gasteiger partial charge in [-0.25, -0.2) is 0 Å². The monoisotopic (exact) mass is 341 g/mol. The summed E-state index contributed by atoms with van der Waals surface area (Å²) in [5.41, 5.74) is 6.83. The first kappa shape index (κ1) is 14.0. The van der Waals surface area contributed by atoms with Gasteiger partial charge in [0.2, 0.25) is 0 Å². The van der Waals surface area contributed by atoms with Crippen LogP contribution in [0.15, 0.2) is 10.5 Å². The SMILES string of the molecule is NCC1(c2cc3c(c(Br)c2O)OCCO3)CCCCC1. The Hall–Kier alpha value is -0.940. The molecule has 2 aliphatic rings. The molecular weight excluding hydrogens is 322 g/mol. The molecule has 0 atom stereocenters. The van der Waals surface area contributed by atoms with Crippen molar-refractivity contribution in [3.05, 3.63) is 16.1 Å². The van der Waals surface area contributed by atoms with Crippen molar-refractivity contribution in [3.63, 3.8) is 0 Å². The Morgan fingerprint density at radius 2 is 1.90 bits per heavy atom. The van der Waals surface area contributed by atoms with Crippen LogP contribution in [0.2, 0.25) is 0 Å². The zero-order valence-electron chi connectivity index (χ0n) is 11.5. The highest BCUT2D eigenvalue weighted by atomic mass is 79.9. The van der Waals surface area contributed by atoms with Crippen LogP contribution < -0.4 is 15.2 Å². The van der Waals surface area contributed by atoms with Gasteiger partial charge in [0.25, 0.3) is 0 Å². The fourth-order valence-electron chi connectivity index (χ4n) is 3.35. The summed E-state index contributed by atoms with van der Waals surface area (Å²) >= 11 is 3.44. The van der Waals surface area contributed by atoms with Gasteiger partial charge in [0.05, 0.1) is 0 Å². The van der Waals surface area contributed by atoms with Crippen molar-refractivity contribution >= 4 is 15.9 Å². The number of nitrogens with two attached hydrogens (primary N) is 1. The highest BCUT2D eigenvalue weighted by Crippen LogP contribution is 2.51. The second-order valence-electron chi connectivity index (χ2n) is 5.66. The van der Waals surface area contributed by atoms with Crippen molar-refractivity contribution in [2.45, 2.75) is 37.5 Å². The molecule has 3 rings (SSSR count). The van der Waals surface area contributed by atoms with Crippen LogP contribution in [0.5, 0.6) is 17.2 Å². The third-order valence-corrected chi connectivity index (χ3v) is 5.26. The Bertz CT molecular complexity index is 512. The van der Waals surface area contributed by atoms with Gasteiger partial charge in [0, 0.05) is 17.5 Å². The maximum absolute atomic E-state index is 10.6. The summed E-state index contributed by atoms with van der Waals surface area (Å²) in [7, 11) is 0. The lowest BCUT2D eigenvalue weighted by atomic mass is 9.69. The minimum atomic E-state index is -0.138. The summed E-state index contributed by atoms with van der Waals surface area (Å²) in [6.07, 6.45) is 5.59. The van der Waals surface area contributed by atoms with E-state index in [9.17, 15) is 5.11 Å². The number of rotatable bonds is 2. The summed E-state index contributed by atoms with van der Waals surface area (Å²) in [5.74, 6) is 1.55. The first-order chi connectivity index (χ1) is 9.68. The maximum atomic E-state index is 10.6. The number of phenols is 1. The highest BCUT2D eigenvalue weighted by Gasteiger charge is 2.37. The van der Waals surface area contributed by atoms with Gasteiger partial charge in [0.15, 0.2) is 11.5 Å². The van der Waals surface area contributed by atoms with Gasteiger partial charge < -0.3 is 20.3 Å². The Morgan fingerprint density at radius 3 is 2.60 bits per heavy atom. The minimum absolute atomic E-state index is 0.138. The zero-order valence-corrected chi connectivity index (χ0v) is 13.0. The van der Waals surface area contributed by atoms with E-state index in [4.69, 9.17) is 15.2 Å². The van der Waals surface area contributed by atoms with Crippen molar-refractivity contribution in [3.8, 4) is 17.2 Å². The zero-order chi connectivity index (χ0) is 14.2. The van der Waals surface area contributed by atoms with E-state index in [-0.39, 0.29) is 11.2 Å². The number of ether oxygens (including phenoxy) is 2. The molecule has 1 heterocycles. The fraction of sp³-hybridized carbons (Fsp3) is 0.600. The Balaban J connectivity index is 2.10. The number of halogens is 1. The normalized spacial score (nSPS) is 20.7. The number of hydrogen-bond acceptors (Lipinski definition) is 4. The molecule has 1 saturated carbocycles. The molecule has 0 unspecified atom stereocenters. The molecule has 1 aromatic rings. The van der Waals surface area contributed by atoms with E-state index in [0.717, 1.165) is 31.2 Å². The number of phenolic OH excluding ortho intramolecular Hbond substituents is 1. The predicted octanol–water partition coefficient (Wildman–Crippen LogP) is 3.09. The Kier molecular flexibility index (Phi) is 3.82. The third-order valence-electron chi connectivity index (χ3n) is 4.52. The Labute approximate surface area is 127 Å². The molecule has 20 heavy (non-hydrogen) atoms. The molecule has 0 bridgehead atoms. The molecule has 110 valence electrons. The molecule has 1 fully saturated rings. The van der Waals surface area contributed by atoms with E-state index in [1.807, 2.05) is 6.07 Å². The van der Waals surface area contributed by atoms with Crippen molar-refractivity contribution in [2.24, 2.45) is 5.73 Å². The molecular formula is C15H20BrNO3. The third kappa shape index (κ3) is 2.17. The van der Waals surface area contributed by atoms with Gasteiger partial charge in [-0.15, -0.1) is 0 Å². The van der Waals surface area contributed by atoms with Crippen LogP contribution in [-0.2, 0) is 5.41 Å². The van der Waals surface area contributed by atoms with E-state index in [0.29, 0.717) is 35.7 Å². The van der Waals surface area contributed by atoms with Crippen molar-refractivity contribution in [1.82, 2.24) is 0 Å². The summed E-state index contributed by atoms with van der Waals surface area (Å²) in [6, 6.07) is 1.92. The van der Waals surface area contributed by atoms with Crippen LogP contribution >= 0.6 is 15.9 Å². The lowest BCUT2D eigenvalue weighted by molar-refractivity contribution is 0.168. The van der Waals surface area contributed by atoms with Crippen LogP contribution in [0, 0.1) is 0 Å². The largest absolute Gasteiger partial charge is 0.506 e. The molecule has 0 aromatic heterocycles. The molecule has 3 N–H and O–H groups in total. The Morgan fingerprint density at radius 1 is 1.20 bits per heavy atom. The van der Waals surface area contributed by atoms with Gasteiger partial charge in [-0.2, -0.15) is 0 Å². The molecule has 1 aliphatic carbocycles. The van der Waals surface area contributed by atoms with E-state index >= 15 is 0 Å². The molecule has 5 heteroatoms. The van der Waals surface area contributed by atoms with E-state index in [2.05, 4.69) is 15.9 Å². The first-order valence-corrected chi connectivity index (χ1v) is 7.99. The second-order valence-corrected chi connectivity index (χ2v) is 6.45. The van der Waals surface area contributed by atoms with Crippen LogP contribution in [0.25, 0.3) is 0 Å². The highest BCUT2D eigenvalue weighted by molar-refractivity contribution is 9.10.